The third-order valence-electron chi connectivity index (χ3n) is 3.90. The zero-order valence-corrected chi connectivity index (χ0v) is 13.9. The molecule has 2 aromatic rings. The molecule has 22 heavy (non-hydrogen) atoms. The van der Waals surface area contributed by atoms with Crippen LogP contribution in [-0.4, -0.2) is 22.6 Å². The Hall–Kier alpha value is -1.74. The third-order valence-corrected chi connectivity index (χ3v) is 4.98. The van der Waals surface area contributed by atoms with Gasteiger partial charge in [-0.25, -0.2) is 0 Å². The Kier molecular flexibility index (Phi) is 4.53. The molecule has 0 atom stereocenters. The quantitative estimate of drug-likeness (QED) is 0.784. The van der Waals surface area contributed by atoms with Crippen LogP contribution in [-0.2, 0) is 13.0 Å². The number of hydrogen-bond donors (Lipinski definition) is 0. The second-order valence-electron chi connectivity index (χ2n) is 5.91. The number of fused-ring (bicyclic) bond motifs is 1. The van der Waals surface area contributed by atoms with E-state index in [4.69, 9.17) is 0 Å². The first-order valence-electron chi connectivity index (χ1n) is 7.77. The molecule has 114 valence electrons. The lowest BCUT2D eigenvalue weighted by atomic mass is 9.99. The highest BCUT2D eigenvalue weighted by atomic mass is 32.2. The fourth-order valence-electron chi connectivity index (χ4n) is 2.84. The van der Waals surface area contributed by atoms with Gasteiger partial charge in [-0.3, -0.25) is 4.79 Å². The van der Waals surface area contributed by atoms with Gasteiger partial charge in [0.05, 0.1) is 5.56 Å². The van der Waals surface area contributed by atoms with E-state index in [0.717, 1.165) is 30.0 Å². The minimum Gasteiger partial charge on any atom is -0.334 e. The SMILES string of the molecule is CC(C)Sc1ccccc1C(=O)N1CCc2ccccc2C1. The second kappa shape index (κ2) is 6.57. The Balaban J connectivity index is 1.84. The minimum absolute atomic E-state index is 0.151. The van der Waals surface area contributed by atoms with Crippen LogP contribution in [0.1, 0.15) is 35.3 Å². The molecule has 0 saturated heterocycles. The van der Waals surface area contributed by atoms with Gasteiger partial charge in [0.2, 0.25) is 0 Å². The molecule has 0 fully saturated rings. The summed E-state index contributed by atoms with van der Waals surface area (Å²) in [5, 5.41) is 0.469. The molecule has 1 aliphatic heterocycles. The van der Waals surface area contributed by atoms with Gasteiger partial charge in [0.25, 0.3) is 5.91 Å². The normalized spacial score (nSPS) is 14.0. The Morgan fingerprint density at radius 2 is 1.73 bits per heavy atom. The van der Waals surface area contributed by atoms with Gasteiger partial charge in [-0.2, -0.15) is 0 Å². The number of benzene rings is 2. The topological polar surface area (TPSA) is 20.3 Å². The van der Waals surface area contributed by atoms with Crippen molar-refractivity contribution in [1.82, 2.24) is 4.90 Å². The van der Waals surface area contributed by atoms with Crippen molar-refractivity contribution in [2.75, 3.05) is 6.54 Å². The highest BCUT2D eigenvalue weighted by molar-refractivity contribution is 8.00. The maximum Gasteiger partial charge on any atom is 0.255 e. The molecule has 0 unspecified atom stereocenters. The summed E-state index contributed by atoms with van der Waals surface area (Å²) < 4.78 is 0. The van der Waals surface area contributed by atoms with Gasteiger partial charge >= 0.3 is 0 Å². The van der Waals surface area contributed by atoms with E-state index in [2.05, 4.69) is 44.2 Å². The number of hydrogen-bond acceptors (Lipinski definition) is 2. The van der Waals surface area contributed by atoms with Crippen molar-refractivity contribution >= 4 is 17.7 Å². The van der Waals surface area contributed by atoms with E-state index in [1.54, 1.807) is 11.8 Å². The van der Waals surface area contributed by atoms with E-state index in [1.165, 1.54) is 11.1 Å². The highest BCUT2D eigenvalue weighted by Gasteiger charge is 2.23. The van der Waals surface area contributed by atoms with Crippen LogP contribution >= 0.6 is 11.8 Å². The van der Waals surface area contributed by atoms with Crippen molar-refractivity contribution in [3.63, 3.8) is 0 Å². The van der Waals surface area contributed by atoms with Crippen LogP contribution in [0.2, 0.25) is 0 Å². The van der Waals surface area contributed by atoms with Crippen LogP contribution in [0, 0.1) is 0 Å². The smallest absolute Gasteiger partial charge is 0.255 e. The zero-order valence-electron chi connectivity index (χ0n) is 13.1. The van der Waals surface area contributed by atoms with Gasteiger partial charge in [-0.1, -0.05) is 50.2 Å². The number of nitrogens with zero attached hydrogens (tertiary/aromatic N) is 1. The highest BCUT2D eigenvalue weighted by Crippen LogP contribution is 2.28. The predicted octanol–water partition coefficient (Wildman–Crippen LogP) is 4.39. The summed E-state index contributed by atoms with van der Waals surface area (Å²) in [4.78, 5) is 16.0. The standard InChI is InChI=1S/C19H21NOS/c1-14(2)22-18-10-6-5-9-17(18)19(21)20-12-11-15-7-3-4-8-16(15)13-20/h3-10,14H,11-13H2,1-2H3. The van der Waals surface area contributed by atoms with Crippen molar-refractivity contribution in [1.29, 1.82) is 0 Å². The average Bonchev–Trinajstić information content (AvgIpc) is 2.54. The van der Waals surface area contributed by atoms with E-state index in [0.29, 0.717) is 5.25 Å². The molecular formula is C19H21NOS. The Morgan fingerprint density at radius 3 is 2.50 bits per heavy atom. The Morgan fingerprint density at radius 1 is 1.05 bits per heavy atom. The molecule has 0 bridgehead atoms. The number of carbonyl (C=O) groups excluding carboxylic acids is 1. The molecule has 1 amide bonds. The molecular weight excluding hydrogens is 290 g/mol. The molecule has 0 N–H and O–H groups in total. The largest absolute Gasteiger partial charge is 0.334 e. The summed E-state index contributed by atoms with van der Waals surface area (Å²) in [6.45, 7) is 5.83. The van der Waals surface area contributed by atoms with Gasteiger partial charge in [-0.05, 0) is 29.7 Å². The monoisotopic (exact) mass is 311 g/mol. The first-order valence-corrected chi connectivity index (χ1v) is 8.65. The number of rotatable bonds is 3. The minimum atomic E-state index is 0.151. The maximum absolute atomic E-state index is 12.9. The van der Waals surface area contributed by atoms with E-state index in [9.17, 15) is 4.79 Å². The van der Waals surface area contributed by atoms with E-state index < -0.39 is 0 Å². The summed E-state index contributed by atoms with van der Waals surface area (Å²) in [5.74, 6) is 0.151. The van der Waals surface area contributed by atoms with E-state index >= 15 is 0 Å². The van der Waals surface area contributed by atoms with Gasteiger partial charge in [-0.15, -0.1) is 11.8 Å². The summed E-state index contributed by atoms with van der Waals surface area (Å²) in [7, 11) is 0. The molecule has 2 nitrogen and oxygen atoms in total. The molecule has 3 rings (SSSR count). The molecule has 0 aliphatic carbocycles. The van der Waals surface area contributed by atoms with Gasteiger partial charge < -0.3 is 4.90 Å². The molecule has 0 radical (unpaired) electrons. The van der Waals surface area contributed by atoms with Crippen LogP contribution in [0.25, 0.3) is 0 Å². The summed E-state index contributed by atoms with van der Waals surface area (Å²) >= 11 is 1.76. The second-order valence-corrected chi connectivity index (χ2v) is 7.53. The van der Waals surface area contributed by atoms with Crippen LogP contribution in [0.4, 0.5) is 0 Å². The molecule has 3 heteroatoms. The lowest BCUT2D eigenvalue weighted by molar-refractivity contribution is 0.0731. The lowest BCUT2D eigenvalue weighted by Gasteiger charge is -2.29. The Bertz CT molecular complexity index is 681. The van der Waals surface area contributed by atoms with Gasteiger partial charge in [0, 0.05) is 23.2 Å². The summed E-state index contributed by atoms with van der Waals surface area (Å²) in [6, 6.07) is 16.4. The average molecular weight is 311 g/mol. The Labute approximate surface area is 136 Å². The fraction of sp³-hybridized carbons (Fsp3) is 0.316. The molecule has 0 aromatic heterocycles. The summed E-state index contributed by atoms with van der Waals surface area (Å²) in [5.41, 5.74) is 3.48. The summed E-state index contributed by atoms with van der Waals surface area (Å²) in [6.07, 6.45) is 0.946. The van der Waals surface area contributed by atoms with E-state index in [-0.39, 0.29) is 5.91 Å². The van der Waals surface area contributed by atoms with Crippen molar-refractivity contribution in [3.05, 3.63) is 65.2 Å². The number of amides is 1. The zero-order chi connectivity index (χ0) is 15.5. The predicted molar refractivity (Wildman–Crippen MR) is 92.3 cm³/mol. The van der Waals surface area contributed by atoms with Crippen LogP contribution in [0.5, 0.6) is 0 Å². The van der Waals surface area contributed by atoms with Crippen LogP contribution in [0.15, 0.2) is 53.4 Å². The van der Waals surface area contributed by atoms with Crippen molar-refractivity contribution in [2.24, 2.45) is 0 Å². The maximum atomic E-state index is 12.9. The fourth-order valence-corrected chi connectivity index (χ4v) is 3.79. The first-order chi connectivity index (χ1) is 10.6. The molecule has 0 spiro atoms. The number of thioether (sulfide) groups is 1. The number of carbonyl (C=O) groups is 1. The van der Waals surface area contributed by atoms with Crippen molar-refractivity contribution < 1.29 is 4.79 Å². The third kappa shape index (κ3) is 3.20. The van der Waals surface area contributed by atoms with Crippen LogP contribution in [0.3, 0.4) is 0 Å². The van der Waals surface area contributed by atoms with E-state index in [1.807, 2.05) is 23.1 Å². The van der Waals surface area contributed by atoms with Gasteiger partial charge in [0.1, 0.15) is 0 Å². The molecule has 0 saturated carbocycles. The molecule has 1 aliphatic rings. The van der Waals surface area contributed by atoms with Crippen molar-refractivity contribution in [3.8, 4) is 0 Å². The van der Waals surface area contributed by atoms with Gasteiger partial charge in [0.15, 0.2) is 0 Å². The van der Waals surface area contributed by atoms with Crippen molar-refractivity contribution in [2.45, 2.75) is 37.0 Å². The first kappa shape index (κ1) is 15.2. The molecule has 1 heterocycles. The van der Waals surface area contributed by atoms with Crippen LogP contribution < -0.4 is 0 Å². The molecule has 2 aromatic carbocycles. The lowest BCUT2D eigenvalue weighted by Crippen LogP contribution is -2.36.